The number of ether oxygens (including phenoxy) is 4. The van der Waals surface area contributed by atoms with E-state index in [1.165, 1.54) is 6.92 Å². The number of carbonyl (C=O) groups excluding carboxylic acids is 2. The maximum absolute atomic E-state index is 12.8. The van der Waals surface area contributed by atoms with Gasteiger partial charge in [0.2, 0.25) is 12.7 Å². The van der Waals surface area contributed by atoms with Gasteiger partial charge < -0.3 is 34.5 Å². The van der Waals surface area contributed by atoms with E-state index in [0.29, 0.717) is 41.4 Å². The van der Waals surface area contributed by atoms with E-state index in [2.05, 4.69) is 10.2 Å². The Bertz CT molecular complexity index is 1470. The fourth-order valence-corrected chi connectivity index (χ4v) is 7.52. The molecule has 0 aromatic heterocycles. The van der Waals surface area contributed by atoms with E-state index in [9.17, 15) is 19.8 Å². The van der Waals surface area contributed by atoms with E-state index in [-0.39, 0.29) is 49.0 Å². The molecule has 4 aliphatic rings. The molecule has 5 atom stereocenters. The third-order valence-corrected chi connectivity index (χ3v) is 9.34. The van der Waals surface area contributed by atoms with Gasteiger partial charge in [0.25, 0.3) is 0 Å². The van der Waals surface area contributed by atoms with Crippen LogP contribution >= 0.6 is 0 Å². The second kappa shape index (κ2) is 10.3. The Hall–Kier alpha value is -3.54. The molecule has 1 saturated heterocycles. The maximum Gasteiger partial charge on any atom is 0.308 e. The Morgan fingerprint density at radius 2 is 1.83 bits per heavy atom. The predicted octanol–water partition coefficient (Wildman–Crippen LogP) is 2.64. The van der Waals surface area contributed by atoms with Crippen LogP contribution < -0.4 is 24.3 Å². The van der Waals surface area contributed by atoms with Gasteiger partial charge in [-0.25, -0.2) is 0 Å². The zero-order valence-corrected chi connectivity index (χ0v) is 25.1. The number of rotatable bonds is 5. The van der Waals surface area contributed by atoms with Crippen molar-refractivity contribution in [2.75, 3.05) is 27.5 Å². The second-order valence-electron chi connectivity index (χ2n) is 12.1. The fourth-order valence-electron chi connectivity index (χ4n) is 7.52. The first-order chi connectivity index (χ1) is 20.0. The molecular formula is C31H39N3O8. The molecule has 42 heavy (non-hydrogen) atoms. The average Bonchev–Trinajstić information content (AvgIpc) is 3.42. The van der Waals surface area contributed by atoms with E-state index in [0.717, 1.165) is 27.8 Å². The van der Waals surface area contributed by atoms with Crippen LogP contribution in [0.4, 0.5) is 0 Å². The summed E-state index contributed by atoms with van der Waals surface area (Å²) < 4.78 is 23.3. The minimum Gasteiger partial charge on any atom is -0.504 e. The number of benzene rings is 2. The zero-order valence-electron chi connectivity index (χ0n) is 25.1. The van der Waals surface area contributed by atoms with Crippen molar-refractivity contribution < 1.29 is 38.7 Å². The van der Waals surface area contributed by atoms with Crippen LogP contribution in [0.25, 0.3) is 0 Å². The third kappa shape index (κ3) is 4.12. The Balaban J connectivity index is 1.58. The van der Waals surface area contributed by atoms with Crippen LogP contribution in [0.5, 0.6) is 28.7 Å². The van der Waals surface area contributed by atoms with Crippen LogP contribution in [0.1, 0.15) is 66.2 Å². The molecule has 226 valence electrons. The number of hydrogen-bond acceptors (Lipinski definition) is 10. The lowest BCUT2D eigenvalue weighted by Gasteiger charge is -2.60. The molecule has 1 amide bonds. The number of amides is 1. The molecule has 4 aliphatic heterocycles. The quantitative estimate of drug-likeness (QED) is 0.358. The molecule has 1 unspecified atom stereocenters. The molecule has 11 heteroatoms. The molecule has 11 nitrogen and oxygen atoms in total. The van der Waals surface area contributed by atoms with Crippen LogP contribution in [0.2, 0.25) is 0 Å². The molecule has 0 spiro atoms. The standard InChI is InChI=1S/C31H39N3O8/c1-13(2)30(37)32-11-21-23-18(27(42-16(5)35)15(4)28-29(23)41-12-40-28)10-19-24-22-17(8-14(3)26(39-7)25(22)36)9-20(33(24)6)31(38)34(19)21/h8,13,19-21,24,31,36,38H,9-12H2,1-7H3,(H,32,37)/t19?,20-,21-,24-,31-/m0/s1. The number of methoxy groups -OCH3 is 1. The molecule has 0 saturated carbocycles. The number of hydrogen-bond donors (Lipinski definition) is 3. The summed E-state index contributed by atoms with van der Waals surface area (Å²) in [4.78, 5) is 29.3. The number of likely N-dealkylation sites (N-methyl/N-ethyl adjacent to an activating group) is 1. The number of aliphatic hydroxyl groups is 1. The highest BCUT2D eigenvalue weighted by Crippen LogP contribution is 2.58. The van der Waals surface area contributed by atoms with Crippen LogP contribution in [-0.2, 0) is 22.4 Å². The van der Waals surface area contributed by atoms with Gasteiger partial charge in [0.05, 0.1) is 25.2 Å². The first-order valence-electron chi connectivity index (χ1n) is 14.4. The van der Waals surface area contributed by atoms with Crippen LogP contribution in [-0.4, -0.2) is 77.7 Å². The topological polar surface area (TPSA) is 130 Å². The maximum atomic E-state index is 12.8. The highest BCUT2D eigenvalue weighted by Gasteiger charge is 2.56. The number of nitrogens with zero attached hydrogens (tertiary/aromatic N) is 2. The number of phenols is 1. The number of nitrogens with one attached hydrogen (secondary N) is 1. The number of fused-ring (bicyclic) bond motifs is 9. The Morgan fingerprint density at radius 3 is 2.50 bits per heavy atom. The summed E-state index contributed by atoms with van der Waals surface area (Å²) in [6, 6.07) is 0.536. The van der Waals surface area contributed by atoms with E-state index in [1.54, 1.807) is 7.11 Å². The van der Waals surface area contributed by atoms with Crippen molar-refractivity contribution in [2.24, 2.45) is 5.92 Å². The number of aryl methyl sites for hydroxylation is 1. The Morgan fingerprint density at radius 1 is 1.12 bits per heavy atom. The number of phenolic OH excluding ortho intramolecular Hbond substituents is 1. The van der Waals surface area contributed by atoms with Crippen molar-refractivity contribution in [1.82, 2.24) is 15.1 Å². The van der Waals surface area contributed by atoms with Crippen LogP contribution in [0.15, 0.2) is 6.07 Å². The molecule has 2 aromatic rings. The summed E-state index contributed by atoms with van der Waals surface area (Å²) >= 11 is 0. The van der Waals surface area contributed by atoms with Crippen LogP contribution in [0.3, 0.4) is 0 Å². The van der Waals surface area contributed by atoms with Gasteiger partial charge in [0, 0.05) is 47.7 Å². The number of aromatic hydroxyl groups is 1. The highest BCUT2D eigenvalue weighted by atomic mass is 16.7. The number of carbonyl (C=O) groups is 2. The molecule has 2 bridgehead atoms. The van der Waals surface area contributed by atoms with Crippen molar-refractivity contribution in [1.29, 1.82) is 0 Å². The molecule has 3 N–H and O–H groups in total. The zero-order chi connectivity index (χ0) is 30.2. The molecule has 1 fully saturated rings. The smallest absolute Gasteiger partial charge is 0.308 e. The van der Waals surface area contributed by atoms with Crippen molar-refractivity contribution in [3.8, 4) is 28.7 Å². The lowest BCUT2D eigenvalue weighted by molar-refractivity contribution is -0.172. The molecular weight excluding hydrogens is 542 g/mol. The normalized spacial score (nSPS) is 25.9. The Kier molecular flexibility index (Phi) is 7.02. The molecule has 2 aromatic carbocycles. The van der Waals surface area contributed by atoms with Gasteiger partial charge in [0.1, 0.15) is 12.0 Å². The van der Waals surface area contributed by atoms with E-state index >= 15 is 0 Å². The van der Waals surface area contributed by atoms with Gasteiger partial charge >= 0.3 is 5.97 Å². The van der Waals surface area contributed by atoms with Gasteiger partial charge in [0.15, 0.2) is 23.0 Å². The number of piperazine rings is 1. The Labute approximate surface area is 245 Å². The van der Waals surface area contributed by atoms with Gasteiger partial charge in [-0.2, -0.15) is 0 Å². The van der Waals surface area contributed by atoms with Crippen molar-refractivity contribution in [3.05, 3.63) is 39.4 Å². The molecule has 0 aliphatic carbocycles. The third-order valence-electron chi connectivity index (χ3n) is 9.34. The van der Waals surface area contributed by atoms with Crippen molar-refractivity contribution in [3.63, 3.8) is 0 Å². The minimum absolute atomic E-state index is 0.0115. The highest BCUT2D eigenvalue weighted by molar-refractivity contribution is 5.78. The largest absolute Gasteiger partial charge is 0.504 e. The lowest BCUT2D eigenvalue weighted by Crippen LogP contribution is -2.69. The first kappa shape index (κ1) is 28.6. The summed E-state index contributed by atoms with van der Waals surface area (Å²) in [5, 5.41) is 26.7. The first-order valence-corrected chi connectivity index (χ1v) is 14.4. The van der Waals surface area contributed by atoms with Crippen molar-refractivity contribution in [2.45, 2.75) is 77.9 Å². The van der Waals surface area contributed by atoms with E-state index in [1.807, 2.05) is 45.7 Å². The SMILES string of the molecule is COc1c(C)cc2c(c1O)[C@@H]1C3Cc4c(OC(C)=O)c(C)c5c(c4[C@H](CNC(=O)C(C)C)N3[C@@H](O)[C@H](C2)N1C)OCO5. The minimum atomic E-state index is -0.903. The lowest BCUT2D eigenvalue weighted by atomic mass is 9.73. The molecule has 6 rings (SSSR count). The number of aliphatic hydroxyl groups excluding tert-OH is 1. The van der Waals surface area contributed by atoms with Gasteiger partial charge in [-0.05, 0) is 44.9 Å². The number of esters is 1. The molecule has 0 radical (unpaired) electrons. The summed E-state index contributed by atoms with van der Waals surface area (Å²) in [6.45, 7) is 8.95. The van der Waals surface area contributed by atoms with Gasteiger partial charge in [-0.15, -0.1) is 0 Å². The van der Waals surface area contributed by atoms with Crippen LogP contribution in [0, 0.1) is 19.8 Å². The summed E-state index contributed by atoms with van der Waals surface area (Å²) in [7, 11) is 3.51. The second-order valence-corrected chi connectivity index (χ2v) is 12.1. The van der Waals surface area contributed by atoms with Gasteiger partial charge in [-0.1, -0.05) is 19.9 Å². The molecule has 4 heterocycles. The fraction of sp³-hybridized carbons (Fsp3) is 0.548. The predicted molar refractivity (Wildman–Crippen MR) is 152 cm³/mol. The van der Waals surface area contributed by atoms with E-state index < -0.39 is 18.2 Å². The monoisotopic (exact) mass is 581 g/mol. The average molecular weight is 582 g/mol. The summed E-state index contributed by atoms with van der Waals surface area (Å²) in [5.74, 6) is 1.14. The summed E-state index contributed by atoms with van der Waals surface area (Å²) in [6.07, 6.45) is 0.00477. The van der Waals surface area contributed by atoms with Crippen molar-refractivity contribution >= 4 is 11.9 Å². The van der Waals surface area contributed by atoms with Gasteiger partial charge in [-0.3, -0.25) is 19.4 Å². The van der Waals surface area contributed by atoms with E-state index in [4.69, 9.17) is 18.9 Å². The summed E-state index contributed by atoms with van der Waals surface area (Å²) in [5.41, 5.74) is 4.71.